The molecular weight excluding hydrogens is 350 g/mol. The number of hydrogen-bond acceptors (Lipinski definition) is 5. The van der Waals surface area contributed by atoms with Crippen molar-refractivity contribution >= 4 is 10.9 Å². The molecule has 0 N–H and O–H groups in total. The van der Waals surface area contributed by atoms with Gasteiger partial charge in [0.2, 0.25) is 0 Å². The van der Waals surface area contributed by atoms with Crippen LogP contribution in [-0.2, 0) is 13.1 Å². The molecule has 5 nitrogen and oxygen atoms in total. The van der Waals surface area contributed by atoms with Gasteiger partial charge in [0.1, 0.15) is 12.0 Å². The minimum absolute atomic E-state index is 0.713. The van der Waals surface area contributed by atoms with E-state index in [9.17, 15) is 0 Å². The molecule has 0 radical (unpaired) electrons. The molecule has 2 aromatic carbocycles. The highest BCUT2D eigenvalue weighted by Crippen LogP contribution is 2.28. The van der Waals surface area contributed by atoms with E-state index in [4.69, 9.17) is 14.2 Å². The van der Waals surface area contributed by atoms with Crippen molar-refractivity contribution in [3.05, 3.63) is 77.7 Å². The molecule has 0 unspecified atom stereocenters. The van der Waals surface area contributed by atoms with Gasteiger partial charge in [0.15, 0.2) is 0 Å². The summed E-state index contributed by atoms with van der Waals surface area (Å²) >= 11 is 0. The van der Waals surface area contributed by atoms with Crippen LogP contribution in [-0.4, -0.2) is 29.2 Å². The highest BCUT2D eigenvalue weighted by atomic mass is 16.5. The average molecular weight is 373 g/mol. The van der Waals surface area contributed by atoms with Crippen molar-refractivity contribution in [1.82, 2.24) is 15.0 Å². The van der Waals surface area contributed by atoms with E-state index >= 15 is 0 Å². The zero-order valence-corrected chi connectivity index (χ0v) is 16.3. The second kappa shape index (κ2) is 7.82. The molecule has 0 aliphatic carbocycles. The number of aromatic nitrogens is 2. The van der Waals surface area contributed by atoms with Gasteiger partial charge in [-0.1, -0.05) is 17.3 Å². The number of hydrogen-bond donors (Lipinski definition) is 0. The number of rotatable bonds is 6. The Hall–Kier alpha value is -3.18. The highest BCUT2D eigenvalue weighted by molar-refractivity contribution is 5.84. The van der Waals surface area contributed by atoms with E-state index in [0.29, 0.717) is 6.54 Å². The van der Waals surface area contributed by atoms with Gasteiger partial charge in [-0.2, -0.15) is 0 Å². The third kappa shape index (κ3) is 3.89. The Bertz CT molecular complexity index is 1070. The van der Waals surface area contributed by atoms with Crippen molar-refractivity contribution in [2.45, 2.75) is 20.0 Å². The molecule has 28 heavy (non-hydrogen) atoms. The topological polar surface area (TPSA) is 51.4 Å². The third-order valence-corrected chi connectivity index (χ3v) is 4.78. The number of ether oxygens (including phenoxy) is 1. The number of nitrogens with zero attached hydrogens (tertiary/aromatic N) is 3. The SMILES string of the molecule is COc1ccc(-c2nc3cc(C)ccc3cc2CN(C)Cc2ccon2)cc1. The molecule has 0 saturated heterocycles. The van der Waals surface area contributed by atoms with E-state index in [2.05, 4.69) is 60.4 Å². The Balaban J connectivity index is 1.74. The molecule has 2 aromatic heterocycles. The zero-order valence-electron chi connectivity index (χ0n) is 16.3. The molecule has 0 saturated carbocycles. The van der Waals surface area contributed by atoms with Crippen LogP contribution in [0.4, 0.5) is 0 Å². The van der Waals surface area contributed by atoms with Crippen LogP contribution in [0, 0.1) is 6.92 Å². The molecule has 0 aliphatic rings. The van der Waals surface area contributed by atoms with E-state index < -0.39 is 0 Å². The highest BCUT2D eigenvalue weighted by Gasteiger charge is 2.13. The molecule has 0 bridgehead atoms. The smallest absolute Gasteiger partial charge is 0.124 e. The normalized spacial score (nSPS) is 11.3. The van der Waals surface area contributed by atoms with Gasteiger partial charge < -0.3 is 9.26 Å². The second-order valence-electron chi connectivity index (χ2n) is 7.08. The summed E-state index contributed by atoms with van der Waals surface area (Å²) in [6.07, 6.45) is 1.60. The van der Waals surface area contributed by atoms with Crippen LogP contribution in [0.25, 0.3) is 22.2 Å². The van der Waals surface area contributed by atoms with Crippen molar-refractivity contribution < 1.29 is 9.26 Å². The van der Waals surface area contributed by atoms with E-state index in [0.717, 1.165) is 40.1 Å². The first-order valence-corrected chi connectivity index (χ1v) is 9.25. The van der Waals surface area contributed by atoms with Crippen LogP contribution in [0.3, 0.4) is 0 Å². The number of methoxy groups -OCH3 is 1. The van der Waals surface area contributed by atoms with Crippen LogP contribution in [0.2, 0.25) is 0 Å². The van der Waals surface area contributed by atoms with Crippen molar-refractivity contribution in [3.63, 3.8) is 0 Å². The zero-order chi connectivity index (χ0) is 19.5. The second-order valence-corrected chi connectivity index (χ2v) is 7.08. The lowest BCUT2D eigenvalue weighted by Crippen LogP contribution is -2.18. The molecule has 5 heteroatoms. The largest absolute Gasteiger partial charge is 0.497 e. The number of benzene rings is 2. The maximum Gasteiger partial charge on any atom is 0.124 e. The lowest BCUT2D eigenvalue weighted by atomic mass is 10.0. The number of pyridine rings is 1. The van der Waals surface area contributed by atoms with Gasteiger partial charge in [0.05, 0.1) is 24.0 Å². The van der Waals surface area contributed by atoms with E-state index in [1.165, 1.54) is 11.1 Å². The quantitative estimate of drug-likeness (QED) is 0.484. The summed E-state index contributed by atoms with van der Waals surface area (Å²) in [6, 6.07) is 18.6. The summed E-state index contributed by atoms with van der Waals surface area (Å²) < 4.78 is 10.2. The summed E-state index contributed by atoms with van der Waals surface area (Å²) in [5.74, 6) is 0.838. The summed E-state index contributed by atoms with van der Waals surface area (Å²) in [4.78, 5) is 7.22. The molecule has 0 atom stereocenters. The lowest BCUT2D eigenvalue weighted by Gasteiger charge is -2.18. The first-order valence-electron chi connectivity index (χ1n) is 9.25. The summed E-state index contributed by atoms with van der Waals surface area (Å²) in [6.45, 7) is 3.56. The molecule has 0 aliphatic heterocycles. The van der Waals surface area contributed by atoms with Gasteiger partial charge in [-0.15, -0.1) is 0 Å². The van der Waals surface area contributed by atoms with Crippen molar-refractivity contribution in [2.75, 3.05) is 14.2 Å². The number of aryl methyl sites for hydroxylation is 1. The van der Waals surface area contributed by atoms with Crippen LogP contribution in [0.15, 0.2) is 65.4 Å². The van der Waals surface area contributed by atoms with Crippen LogP contribution >= 0.6 is 0 Å². The summed E-state index contributed by atoms with van der Waals surface area (Å²) in [5, 5.41) is 5.16. The molecule has 4 rings (SSSR count). The van der Waals surface area contributed by atoms with E-state index in [1.807, 2.05) is 18.2 Å². The fourth-order valence-corrected chi connectivity index (χ4v) is 3.38. The predicted molar refractivity (Wildman–Crippen MR) is 110 cm³/mol. The standard InChI is InChI=1S/C23H23N3O2/c1-16-4-5-18-13-19(14-26(2)15-20-10-11-28-25-20)23(24-22(18)12-16)17-6-8-21(27-3)9-7-17/h4-13H,14-15H2,1-3H3. The van der Waals surface area contributed by atoms with Crippen molar-refractivity contribution in [2.24, 2.45) is 0 Å². The first kappa shape index (κ1) is 18.2. The summed E-state index contributed by atoms with van der Waals surface area (Å²) in [7, 11) is 3.75. The average Bonchev–Trinajstić information content (AvgIpc) is 3.20. The maximum absolute atomic E-state index is 5.30. The summed E-state index contributed by atoms with van der Waals surface area (Å²) in [5.41, 5.74) is 6.37. The molecule has 0 amide bonds. The Kier molecular flexibility index (Phi) is 5.08. The molecular formula is C23H23N3O2. The number of fused-ring (bicyclic) bond motifs is 1. The van der Waals surface area contributed by atoms with Gasteiger partial charge in [-0.25, -0.2) is 4.98 Å². The Morgan fingerprint density at radius 3 is 2.54 bits per heavy atom. The Morgan fingerprint density at radius 1 is 1.00 bits per heavy atom. The van der Waals surface area contributed by atoms with Gasteiger partial charge in [-0.05, 0) is 61.5 Å². The minimum Gasteiger partial charge on any atom is -0.497 e. The fraction of sp³-hybridized carbons (Fsp3) is 0.217. The lowest BCUT2D eigenvalue weighted by molar-refractivity contribution is 0.304. The monoisotopic (exact) mass is 373 g/mol. The predicted octanol–water partition coefficient (Wildman–Crippen LogP) is 4.84. The molecule has 142 valence electrons. The maximum atomic E-state index is 5.30. The van der Waals surface area contributed by atoms with Crippen molar-refractivity contribution in [1.29, 1.82) is 0 Å². The Morgan fingerprint density at radius 2 is 1.82 bits per heavy atom. The first-order chi connectivity index (χ1) is 13.6. The van der Waals surface area contributed by atoms with E-state index in [1.54, 1.807) is 13.4 Å². The van der Waals surface area contributed by atoms with E-state index in [-0.39, 0.29) is 0 Å². The fourth-order valence-electron chi connectivity index (χ4n) is 3.38. The van der Waals surface area contributed by atoms with Crippen molar-refractivity contribution in [3.8, 4) is 17.0 Å². The van der Waals surface area contributed by atoms with Gasteiger partial charge >= 0.3 is 0 Å². The van der Waals surface area contributed by atoms with Crippen LogP contribution in [0.5, 0.6) is 5.75 Å². The molecule has 4 aromatic rings. The molecule has 0 fully saturated rings. The molecule has 0 spiro atoms. The van der Waals surface area contributed by atoms with Crippen LogP contribution < -0.4 is 4.74 Å². The van der Waals surface area contributed by atoms with Gasteiger partial charge in [-0.3, -0.25) is 4.90 Å². The Labute approximate surface area is 164 Å². The molecule has 2 heterocycles. The van der Waals surface area contributed by atoms with Crippen LogP contribution in [0.1, 0.15) is 16.8 Å². The van der Waals surface area contributed by atoms with Gasteiger partial charge in [0.25, 0.3) is 0 Å². The third-order valence-electron chi connectivity index (χ3n) is 4.78. The minimum atomic E-state index is 0.713. The van der Waals surface area contributed by atoms with Gasteiger partial charge in [0, 0.05) is 30.1 Å².